The quantitative estimate of drug-likeness (QED) is 0.695. The zero-order chi connectivity index (χ0) is 9.64. The van der Waals surface area contributed by atoms with Gasteiger partial charge in [0.1, 0.15) is 11.6 Å². The van der Waals surface area contributed by atoms with E-state index in [9.17, 15) is 14.6 Å². The predicted octanol–water partition coefficient (Wildman–Crippen LogP) is 1.82. The van der Waals surface area contributed by atoms with E-state index >= 15 is 0 Å². The summed E-state index contributed by atoms with van der Waals surface area (Å²) < 4.78 is 13.3. The molecule has 0 saturated heterocycles. The molecule has 3 heteroatoms. The van der Waals surface area contributed by atoms with Crippen LogP contribution in [0.5, 0.6) is 5.75 Å². The van der Waals surface area contributed by atoms with E-state index in [2.05, 4.69) is 0 Å². The zero-order valence-electron chi connectivity index (χ0n) is 7.34. The van der Waals surface area contributed by atoms with Gasteiger partial charge in [-0.25, -0.2) is 4.39 Å². The molecule has 0 aromatic heterocycles. The first kappa shape index (κ1) is 8.51. The van der Waals surface area contributed by atoms with Crippen molar-refractivity contribution in [3.63, 3.8) is 0 Å². The van der Waals surface area contributed by atoms with E-state index in [-0.39, 0.29) is 11.3 Å². The summed E-state index contributed by atoms with van der Waals surface area (Å²) in [6.07, 6.45) is 1.15. The summed E-state index contributed by atoms with van der Waals surface area (Å²) in [5.74, 6) is -0.396. The minimum atomic E-state index is -1.02. The number of rotatable bonds is 1. The Morgan fingerprint density at radius 3 is 2.54 bits per heavy atom. The van der Waals surface area contributed by atoms with Crippen molar-refractivity contribution in [2.45, 2.75) is 25.4 Å². The van der Waals surface area contributed by atoms with Crippen LogP contribution in [0.1, 0.15) is 24.0 Å². The second-order valence-electron chi connectivity index (χ2n) is 3.65. The van der Waals surface area contributed by atoms with Crippen LogP contribution >= 0.6 is 0 Å². The number of hydrogen-bond donors (Lipinski definition) is 2. The molecule has 1 aromatic carbocycles. The highest BCUT2D eigenvalue weighted by Crippen LogP contribution is 2.47. The fraction of sp³-hybridized carbons (Fsp3) is 0.400. The average molecular weight is 182 g/mol. The van der Waals surface area contributed by atoms with Crippen LogP contribution in [0.25, 0.3) is 0 Å². The molecular weight excluding hydrogens is 171 g/mol. The molecule has 0 spiro atoms. The molecule has 0 heterocycles. The van der Waals surface area contributed by atoms with Gasteiger partial charge in [0, 0.05) is 5.56 Å². The average Bonchev–Trinajstić information content (AvgIpc) is 2.77. The van der Waals surface area contributed by atoms with Crippen LogP contribution in [0, 0.1) is 12.7 Å². The Bertz CT molecular complexity index is 356. The van der Waals surface area contributed by atoms with Gasteiger partial charge in [0.25, 0.3) is 0 Å². The second-order valence-corrected chi connectivity index (χ2v) is 3.65. The predicted molar refractivity (Wildman–Crippen MR) is 45.9 cm³/mol. The molecule has 1 aliphatic carbocycles. The van der Waals surface area contributed by atoms with E-state index < -0.39 is 11.4 Å². The second kappa shape index (κ2) is 2.45. The molecule has 2 rings (SSSR count). The van der Waals surface area contributed by atoms with Gasteiger partial charge in [-0.15, -0.1) is 0 Å². The molecule has 0 aliphatic heterocycles. The third-order valence-corrected chi connectivity index (χ3v) is 2.51. The fourth-order valence-electron chi connectivity index (χ4n) is 1.41. The summed E-state index contributed by atoms with van der Waals surface area (Å²) >= 11 is 0. The van der Waals surface area contributed by atoms with Crippen LogP contribution in [0.4, 0.5) is 4.39 Å². The highest BCUT2D eigenvalue weighted by atomic mass is 19.1. The molecule has 1 aliphatic rings. The molecule has 1 aromatic rings. The monoisotopic (exact) mass is 182 g/mol. The lowest BCUT2D eigenvalue weighted by Gasteiger charge is -2.10. The first-order valence-electron chi connectivity index (χ1n) is 4.25. The van der Waals surface area contributed by atoms with Crippen molar-refractivity contribution in [2.75, 3.05) is 0 Å². The summed E-state index contributed by atoms with van der Waals surface area (Å²) in [4.78, 5) is 0. The Morgan fingerprint density at radius 1 is 1.38 bits per heavy atom. The third kappa shape index (κ3) is 1.29. The van der Waals surface area contributed by atoms with Crippen LogP contribution < -0.4 is 0 Å². The molecule has 2 N–H and O–H groups in total. The minimum Gasteiger partial charge on any atom is -0.508 e. The number of hydrogen-bond acceptors (Lipinski definition) is 2. The molecular formula is C10H11FO2. The Balaban J connectivity index is 2.52. The smallest absolute Gasteiger partial charge is 0.129 e. The van der Waals surface area contributed by atoms with Gasteiger partial charge < -0.3 is 10.2 Å². The lowest BCUT2D eigenvalue weighted by Crippen LogP contribution is -2.07. The van der Waals surface area contributed by atoms with Gasteiger partial charge >= 0.3 is 0 Å². The number of aliphatic hydroxyl groups is 1. The highest BCUT2D eigenvalue weighted by Gasteiger charge is 2.44. The van der Waals surface area contributed by atoms with Crippen molar-refractivity contribution in [3.05, 3.63) is 29.1 Å². The van der Waals surface area contributed by atoms with Crippen molar-refractivity contribution in [3.8, 4) is 5.75 Å². The van der Waals surface area contributed by atoms with Crippen molar-refractivity contribution in [1.29, 1.82) is 0 Å². The lowest BCUT2D eigenvalue weighted by atomic mass is 10.0. The summed E-state index contributed by atoms with van der Waals surface area (Å²) in [5, 5.41) is 19.0. The first-order chi connectivity index (χ1) is 6.03. The van der Waals surface area contributed by atoms with Gasteiger partial charge in [-0.2, -0.15) is 0 Å². The Morgan fingerprint density at radius 2 is 2.00 bits per heavy atom. The maximum Gasteiger partial charge on any atom is 0.129 e. The van der Waals surface area contributed by atoms with Crippen LogP contribution in [0.3, 0.4) is 0 Å². The van der Waals surface area contributed by atoms with Gasteiger partial charge in [-0.1, -0.05) is 0 Å². The molecule has 0 bridgehead atoms. The third-order valence-electron chi connectivity index (χ3n) is 2.51. The SMILES string of the molecule is Cc1cc(F)c(C2(O)CC2)cc1O. The number of halogens is 1. The molecule has 13 heavy (non-hydrogen) atoms. The van der Waals surface area contributed by atoms with Crippen LogP contribution in [-0.2, 0) is 5.60 Å². The van der Waals surface area contributed by atoms with Gasteiger partial charge in [-0.3, -0.25) is 0 Å². The highest BCUT2D eigenvalue weighted by molar-refractivity contribution is 5.40. The van der Waals surface area contributed by atoms with E-state index in [1.54, 1.807) is 6.92 Å². The number of phenols is 1. The summed E-state index contributed by atoms with van der Waals surface area (Å²) in [6.45, 7) is 1.62. The van der Waals surface area contributed by atoms with Gasteiger partial charge in [0.2, 0.25) is 0 Å². The van der Waals surface area contributed by atoms with E-state index in [1.165, 1.54) is 12.1 Å². The molecule has 0 radical (unpaired) electrons. The first-order valence-corrected chi connectivity index (χ1v) is 4.25. The summed E-state index contributed by atoms with van der Waals surface area (Å²) in [6, 6.07) is 2.57. The number of phenolic OH excluding ortho intramolecular Hbond substituents is 1. The topological polar surface area (TPSA) is 40.5 Å². The standard InChI is InChI=1S/C10H11FO2/c1-6-4-8(11)7(5-9(6)12)10(13)2-3-10/h4-5,12-13H,2-3H2,1H3. The molecule has 2 nitrogen and oxygen atoms in total. The number of aromatic hydroxyl groups is 1. The zero-order valence-corrected chi connectivity index (χ0v) is 7.34. The van der Waals surface area contributed by atoms with Crippen LogP contribution in [0.2, 0.25) is 0 Å². The van der Waals surface area contributed by atoms with E-state index in [4.69, 9.17) is 0 Å². The van der Waals surface area contributed by atoms with E-state index in [1.807, 2.05) is 0 Å². The fourth-order valence-corrected chi connectivity index (χ4v) is 1.41. The largest absolute Gasteiger partial charge is 0.508 e. The minimum absolute atomic E-state index is 0.0386. The van der Waals surface area contributed by atoms with Crippen molar-refractivity contribution in [1.82, 2.24) is 0 Å². The Labute approximate surface area is 75.6 Å². The van der Waals surface area contributed by atoms with Gasteiger partial charge in [0.15, 0.2) is 0 Å². The van der Waals surface area contributed by atoms with Gasteiger partial charge in [0.05, 0.1) is 5.60 Å². The number of aryl methyl sites for hydroxylation is 1. The Hall–Kier alpha value is -1.09. The van der Waals surface area contributed by atoms with E-state index in [0.717, 1.165) is 0 Å². The van der Waals surface area contributed by atoms with E-state index in [0.29, 0.717) is 18.4 Å². The maximum atomic E-state index is 13.3. The molecule has 70 valence electrons. The summed E-state index contributed by atoms with van der Waals surface area (Å²) in [5.41, 5.74) is -0.309. The maximum absolute atomic E-state index is 13.3. The summed E-state index contributed by atoms with van der Waals surface area (Å²) in [7, 11) is 0. The molecule has 1 fully saturated rings. The normalized spacial score (nSPS) is 18.7. The van der Waals surface area contributed by atoms with Crippen LogP contribution in [0.15, 0.2) is 12.1 Å². The van der Waals surface area contributed by atoms with Crippen molar-refractivity contribution >= 4 is 0 Å². The van der Waals surface area contributed by atoms with Crippen LogP contribution in [-0.4, -0.2) is 10.2 Å². The molecule has 0 atom stereocenters. The van der Waals surface area contributed by atoms with Gasteiger partial charge in [-0.05, 0) is 37.5 Å². The van der Waals surface area contributed by atoms with Crippen molar-refractivity contribution < 1.29 is 14.6 Å². The molecule has 0 amide bonds. The Kier molecular flexibility index (Phi) is 1.60. The number of benzene rings is 1. The lowest BCUT2D eigenvalue weighted by molar-refractivity contribution is 0.146. The molecule has 1 saturated carbocycles. The molecule has 0 unspecified atom stereocenters. The van der Waals surface area contributed by atoms with Crippen molar-refractivity contribution in [2.24, 2.45) is 0 Å².